The number of aliphatic hydroxyl groups is 1. The van der Waals surface area contributed by atoms with Gasteiger partial charge in [-0.15, -0.1) is 0 Å². The number of rotatable bonds is 4. The number of aliphatic hydroxyl groups excluding tert-OH is 1. The number of nitrogens with one attached hydrogen (secondary N) is 1. The van der Waals surface area contributed by atoms with Crippen LogP contribution in [-0.4, -0.2) is 37.0 Å². The zero-order chi connectivity index (χ0) is 8.39. The summed E-state index contributed by atoms with van der Waals surface area (Å²) in [4.78, 5) is 0. The standard InChI is InChI=1S/C9H17NO2/c11-5-4-10-8-3-6-12-9(8)7-1-2-7/h7-11H,1-6H2. The summed E-state index contributed by atoms with van der Waals surface area (Å²) in [5, 5.41) is 12.0. The second-order valence-corrected chi connectivity index (χ2v) is 3.75. The topological polar surface area (TPSA) is 41.5 Å². The summed E-state index contributed by atoms with van der Waals surface area (Å²) in [7, 11) is 0. The molecule has 1 saturated heterocycles. The first kappa shape index (κ1) is 8.48. The van der Waals surface area contributed by atoms with Gasteiger partial charge in [-0.3, -0.25) is 0 Å². The highest BCUT2D eigenvalue weighted by Crippen LogP contribution is 2.38. The van der Waals surface area contributed by atoms with Gasteiger partial charge in [-0.25, -0.2) is 0 Å². The Morgan fingerprint density at radius 2 is 2.17 bits per heavy atom. The fraction of sp³-hybridized carbons (Fsp3) is 1.00. The van der Waals surface area contributed by atoms with Gasteiger partial charge in [-0.2, -0.15) is 0 Å². The molecule has 2 atom stereocenters. The van der Waals surface area contributed by atoms with Crippen LogP contribution >= 0.6 is 0 Å². The Kier molecular flexibility index (Phi) is 2.63. The maximum absolute atomic E-state index is 8.66. The molecular weight excluding hydrogens is 154 g/mol. The van der Waals surface area contributed by atoms with Gasteiger partial charge in [0.1, 0.15) is 0 Å². The average molecular weight is 171 g/mol. The SMILES string of the molecule is OCCNC1CCOC1C1CC1. The maximum Gasteiger partial charge on any atom is 0.0756 e. The quantitative estimate of drug-likeness (QED) is 0.632. The molecule has 0 aromatic carbocycles. The lowest BCUT2D eigenvalue weighted by Gasteiger charge is -2.18. The van der Waals surface area contributed by atoms with E-state index < -0.39 is 0 Å². The smallest absolute Gasteiger partial charge is 0.0756 e. The van der Waals surface area contributed by atoms with Crippen LogP contribution in [0.25, 0.3) is 0 Å². The maximum atomic E-state index is 8.66. The van der Waals surface area contributed by atoms with Crippen molar-refractivity contribution in [2.75, 3.05) is 19.8 Å². The van der Waals surface area contributed by atoms with E-state index in [9.17, 15) is 0 Å². The third kappa shape index (κ3) is 1.79. The van der Waals surface area contributed by atoms with Crippen molar-refractivity contribution < 1.29 is 9.84 Å². The van der Waals surface area contributed by atoms with Gasteiger partial charge in [-0.05, 0) is 25.2 Å². The summed E-state index contributed by atoms with van der Waals surface area (Å²) in [5.41, 5.74) is 0. The van der Waals surface area contributed by atoms with Crippen molar-refractivity contribution in [3.63, 3.8) is 0 Å². The fourth-order valence-electron chi connectivity index (χ4n) is 1.97. The number of hydrogen-bond donors (Lipinski definition) is 2. The largest absolute Gasteiger partial charge is 0.395 e. The first-order valence-corrected chi connectivity index (χ1v) is 4.87. The van der Waals surface area contributed by atoms with E-state index in [2.05, 4.69) is 5.32 Å². The third-order valence-corrected chi connectivity index (χ3v) is 2.74. The van der Waals surface area contributed by atoms with Crippen molar-refractivity contribution in [3.8, 4) is 0 Å². The Morgan fingerprint density at radius 3 is 2.83 bits per heavy atom. The average Bonchev–Trinajstić information content (AvgIpc) is 2.83. The molecule has 70 valence electrons. The van der Waals surface area contributed by atoms with Crippen LogP contribution < -0.4 is 5.32 Å². The summed E-state index contributed by atoms with van der Waals surface area (Å²) < 4.78 is 5.64. The minimum atomic E-state index is 0.230. The first-order valence-electron chi connectivity index (χ1n) is 4.87. The van der Waals surface area contributed by atoms with E-state index in [1.54, 1.807) is 0 Å². The van der Waals surface area contributed by atoms with Crippen LogP contribution in [-0.2, 0) is 4.74 Å². The van der Waals surface area contributed by atoms with Crippen LogP contribution in [0.15, 0.2) is 0 Å². The number of ether oxygens (including phenoxy) is 1. The molecule has 0 aromatic rings. The Morgan fingerprint density at radius 1 is 1.33 bits per heavy atom. The van der Waals surface area contributed by atoms with E-state index in [1.807, 2.05) is 0 Å². The predicted molar refractivity (Wildman–Crippen MR) is 46.0 cm³/mol. The van der Waals surface area contributed by atoms with Crippen molar-refractivity contribution in [1.82, 2.24) is 5.32 Å². The molecule has 1 saturated carbocycles. The van der Waals surface area contributed by atoms with Crippen molar-refractivity contribution in [2.24, 2.45) is 5.92 Å². The predicted octanol–water partition coefficient (Wildman–Crippen LogP) is 0.136. The van der Waals surface area contributed by atoms with Gasteiger partial charge in [0.25, 0.3) is 0 Å². The third-order valence-electron chi connectivity index (χ3n) is 2.74. The van der Waals surface area contributed by atoms with E-state index in [0.29, 0.717) is 18.7 Å². The van der Waals surface area contributed by atoms with E-state index in [4.69, 9.17) is 9.84 Å². The van der Waals surface area contributed by atoms with Crippen molar-refractivity contribution >= 4 is 0 Å². The molecule has 1 aliphatic heterocycles. The molecular formula is C9H17NO2. The molecule has 0 bridgehead atoms. The monoisotopic (exact) mass is 171 g/mol. The minimum Gasteiger partial charge on any atom is -0.395 e. The summed E-state index contributed by atoms with van der Waals surface area (Å²) in [6, 6.07) is 0.504. The first-order chi connectivity index (χ1) is 5.92. The van der Waals surface area contributed by atoms with E-state index in [-0.39, 0.29) is 6.61 Å². The van der Waals surface area contributed by atoms with Crippen LogP contribution in [0.4, 0.5) is 0 Å². The van der Waals surface area contributed by atoms with E-state index in [0.717, 1.165) is 18.9 Å². The van der Waals surface area contributed by atoms with Gasteiger partial charge >= 0.3 is 0 Å². The molecule has 1 heterocycles. The molecule has 0 radical (unpaired) electrons. The normalized spacial score (nSPS) is 35.8. The van der Waals surface area contributed by atoms with Gasteiger partial charge in [0, 0.05) is 19.2 Å². The van der Waals surface area contributed by atoms with Crippen molar-refractivity contribution in [3.05, 3.63) is 0 Å². The molecule has 12 heavy (non-hydrogen) atoms. The van der Waals surface area contributed by atoms with Gasteiger partial charge in [0.15, 0.2) is 0 Å². The Balaban J connectivity index is 1.78. The zero-order valence-corrected chi connectivity index (χ0v) is 7.33. The lowest BCUT2D eigenvalue weighted by molar-refractivity contribution is 0.0802. The minimum absolute atomic E-state index is 0.230. The number of hydrogen-bond acceptors (Lipinski definition) is 3. The molecule has 1 aliphatic carbocycles. The summed E-state index contributed by atoms with van der Waals surface area (Å²) in [5.74, 6) is 0.809. The van der Waals surface area contributed by atoms with Gasteiger partial charge in [0.2, 0.25) is 0 Å². The Labute approximate surface area is 73.1 Å². The molecule has 0 aromatic heterocycles. The molecule has 0 amide bonds. The van der Waals surface area contributed by atoms with Gasteiger partial charge in [0.05, 0.1) is 12.7 Å². The summed E-state index contributed by atoms with van der Waals surface area (Å²) in [6.45, 7) is 1.83. The molecule has 3 nitrogen and oxygen atoms in total. The van der Waals surface area contributed by atoms with Gasteiger partial charge < -0.3 is 15.2 Å². The molecule has 3 heteroatoms. The highest BCUT2D eigenvalue weighted by molar-refractivity contribution is 4.93. The Hall–Kier alpha value is -0.120. The van der Waals surface area contributed by atoms with Crippen molar-refractivity contribution in [2.45, 2.75) is 31.4 Å². The summed E-state index contributed by atoms with van der Waals surface area (Å²) >= 11 is 0. The van der Waals surface area contributed by atoms with Crippen LogP contribution in [0.5, 0.6) is 0 Å². The second-order valence-electron chi connectivity index (χ2n) is 3.75. The van der Waals surface area contributed by atoms with Crippen LogP contribution in [0.1, 0.15) is 19.3 Å². The molecule has 2 N–H and O–H groups in total. The molecule has 2 unspecified atom stereocenters. The molecule has 0 spiro atoms. The lowest BCUT2D eigenvalue weighted by atomic mass is 10.1. The highest BCUT2D eigenvalue weighted by Gasteiger charge is 2.40. The van der Waals surface area contributed by atoms with Gasteiger partial charge in [-0.1, -0.05) is 0 Å². The lowest BCUT2D eigenvalue weighted by Crippen LogP contribution is -2.39. The zero-order valence-electron chi connectivity index (χ0n) is 7.33. The molecule has 2 fully saturated rings. The fourth-order valence-corrected chi connectivity index (χ4v) is 1.97. The van der Waals surface area contributed by atoms with Crippen LogP contribution in [0, 0.1) is 5.92 Å². The summed E-state index contributed by atoms with van der Waals surface area (Å²) in [6.07, 6.45) is 4.22. The van der Waals surface area contributed by atoms with E-state index >= 15 is 0 Å². The molecule has 2 rings (SSSR count). The van der Waals surface area contributed by atoms with Crippen LogP contribution in [0.2, 0.25) is 0 Å². The highest BCUT2D eigenvalue weighted by atomic mass is 16.5. The molecule has 2 aliphatic rings. The van der Waals surface area contributed by atoms with Crippen LogP contribution in [0.3, 0.4) is 0 Å². The second kappa shape index (κ2) is 3.73. The Bertz CT molecular complexity index is 147. The van der Waals surface area contributed by atoms with E-state index in [1.165, 1.54) is 12.8 Å². The van der Waals surface area contributed by atoms with Crippen molar-refractivity contribution in [1.29, 1.82) is 0 Å².